The van der Waals surface area contributed by atoms with E-state index in [1.165, 1.54) is 0 Å². The Bertz CT molecular complexity index is 391. The van der Waals surface area contributed by atoms with E-state index in [4.69, 9.17) is 5.11 Å². The van der Waals surface area contributed by atoms with Gasteiger partial charge in [-0.1, -0.05) is 6.07 Å². The number of anilines is 1. The van der Waals surface area contributed by atoms with E-state index in [-0.39, 0.29) is 12.5 Å². The number of hydrogen-bond donors (Lipinski definition) is 2. The van der Waals surface area contributed by atoms with Crippen molar-refractivity contribution in [2.24, 2.45) is 0 Å². The predicted molar refractivity (Wildman–Crippen MR) is 69.4 cm³/mol. The van der Waals surface area contributed by atoms with Gasteiger partial charge in [0.05, 0.1) is 5.56 Å². The third-order valence-electron chi connectivity index (χ3n) is 2.67. The van der Waals surface area contributed by atoms with Crippen molar-refractivity contribution in [1.82, 2.24) is 4.90 Å². The van der Waals surface area contributed by atoms with Crippen LogP contribution in [0.2, 0.25) is 0 Å². The van der Waals surface area contributed by atoms with Gasteiger partial charge in [-0.3, -0.25) is 4.79 Å². The fourth-order valence-corrected chi connectivity index (χ4v) is 1.67. The molecule has 0 unspecified atom stereocenters. The molecule has 2 N–H and O–H groups in total. The first-order chi connectivity index (χ1) is 8.10. The lowest BCUT2D eigenvalue weighted by Crippen LogP contribution is -2.28. The van der Waals surface area contributed by atoms with Crippen LogP contribution in [0.1, 0.15) is 22.3 Å². The minimum Gasteiger partial charge on any atom is -0.396 e. The van der Waals surface area contributed by atoms with E-state index >= 15 is 0 Å². The molecule has 0 heterocycles. The molecule has 94 valence electrons. The topological polar surface area (TPSA) is 52.6 Å². The number of nitrogens with zero attached hydrogens (tertiary/aromatic N) is 1. The van der Waals surface area contributed by atoms with E-state index < -0.39 is 0 Å². The molecule has 0 fully saturated rings. The molecular weight excluding hydrogens is 216 g/mol. The van der Waals surface area contributed by atoms with Crippen LogP contribution < -0.4 is 5.32 Å². The van der Waals surface area contributed by atoms with Gasteiger partial charge in [-0.25, -0.2) is 0 Å². The van der Waals surface area contributed by atoms with E-state index in [1.54, 1.807) is 19.0 Å². The van der Waals surface area contributed by atoms with Crippen molar-refractivity contribution in [2.75, 3.05) is 32.6 Å². The second kappa shape index (κ2) is 6.25. The van der Waals surface area contributed by atoms with Crippen LogP contribution in [0.25, 0.3) is 0 Å². The fourth-order valence-electron chi connectivity index (χ4n) is 1.67. The van der Waals surface area contributed by atoms with Crippen molar-refractivity contribution < 1.29 is 9.90 Å². The minimum atomic E-state index is -0.0252. The van der Waals surface area contributed by atoms with E-state index in [0.29, 0.717) is 18.5 Å². The zero-order valence-corrected chi connectivity index (χ0v) is 10.7. The van der Waals surface area contributed by atoms with E-state index in [1.807, 2.05) is 25.1 Å². The molecule has 0 saturated heterocycles. The summed E-state index contributed by atoms with van der Waals surface area (Å²) in [6.45, 7) is 2.65. The maximum Gasteiger partial charge on any atom is 0.255 e. The molecule has 17 heavy (non-hydrogen) atoms. The summed E-state index contributed by atoms with van der Waals surface area (Å²) in [6, 6.07) is 5.71. The van der Waals surface area contributed by atoms with Crippen LogP contribution in [0.4, 0.5) is 5.69 Å². The van der Waals surface area contributed by atoms with Crippen molar-refractivity contribution >= 4 is 11.6 Å². The SMILES string of the molecule is CNc1cc(C)ccc1C(=O)N(C)CCCO. The van der Waals surface area contributed by atoms with Crippen molar-refractivity contribution in [3.05, 3.63) is 29.3 Å². The van der Waals surface area contributed by atoms with Gasteiger partial charge >= 0.3 is 0 Å². The lowest BCUT2D eigenvalue weighted by Gasteiger charge is -2.18. The first-order valence-corrected chi connectivity index (χ1v) is 5.75. The summed E-state index contributed by atoms with van der Waals surface area (Å²) in [5.41, 5.74) is 2.62. The Labute approximate surface area is 102 Å². The summed E-state index contributed by atoms with van der Waals surface area (Å²) in [5.74, 6) is -0.0252. The molecule has 0 spiro atoms. The average Bonchev–Trinajstić information content (AvgIpc) is 2.34. The first kappa shape index (κ1) is 13.5. The molecule has 1 aromatic rings. The summed E-state index contributed by atoms with van der Waals surface area (Å²) in [4.78, 5) is 13.8. The highest BCUT2D eigenvalue weighted by atomic mass is 16.3. The third-order valence-corrected chi connectivity index (χ3v) is 2.67. The van der Waals surface area contributed by atoms with Crippen LogP contribution in [0.5, 0.6) is 0 Å². The molecule has 4 heteroatoms. The van der Waals surface area contributed by atoms with Gasteiger partial charge in [0, 0.05) is 32.9 Å². The quantitative estimate of drug-likeness (QED) is 0.814. The maximum atomic E-state index is 12.1. The third kappa shape index (κ3) is 3.46. The molecule has 0 aliphatic rings. The number of aliphatic hydroxyl groups excluding tert-OH is 1. The second-order valence-electron chi connectivity index (χ2n) is 4.10. The zero-order valence-electron chi connectivity index (χ0n) is 10.7. The highest BCUT2D eigenvalue weighted by Crippen LogP contribution is 2.18. The molecule has 1 rings (SSSR count). The molecule has 0 atom stereocenters. The smallest absolute Gasteiger partial charge is 0.255 e. The van der Waals surface area contributed by atoms with Gasteiger partial charge in [0.25, 0.3) is 5.91 Å². The van der Waals surface area contributed by atoms with Gasteiger partial charge in [-0.2, -0.15) is 0 Å². The fraction of sp³-hybridized carbons (Fsp3) is 0.462. The minimum absolute atomic E-state index is 0.0252. The normalized spacial score (nSPS) is 10.1. The molecule has 0 aromatic heterocycles. The number of nitrogens with one attached hydrogen (secondary N) is 1. The molecular formula is C13H20N2O2. The van der Waals surface area contributed by atoms with Crippen LogP contribution in [-0.2, 0) is 0 Å². The van der Waals surface area contributed by atoms with Gasteiger partial charge in [-0.05, 0) is 31.0 Å². The van der Waals surface area contributed by atoms with Crippen LogP contribution in [-0.4, -0.2) is 43.2 Å². The maximum absolute atomic E-state index is 12.1. The number of aryl methyl sites for hydroxylation is 1. The molecule has 4 nitrogen and oxygen atoms in total. The number of amides is 1. The van der Waals surface area contributed by atoms with Crippen LogP contribution in [0, 0.1) is 6.92 Å². The summed E-state index contributed by atoms with van der Waals surface area (Å²) in [5, 5.41) is 11.8. The van der Waals surface area contributed by atoms with E-state index in [0.717, 1.165) is 11.3 Å². The van der Waals surface area contributed by atoms with Crippen LogP contribution in [0.3, 0.4) is 0 Å². The lowest BCUT2D eigenvalue weighted by molar-refractivity contribution is 0.0787. The standard InChI is InChI=1S/C13H20N2O2/c1-10-5-6-11(12(9-10)14-2)13(17)15(3)7-4-8-16/h5-6,9,14,16H,4,7-8H2,1-3H3. The summed E-state index contributed by atoms with van der Waals surface area (Å²) in [7, 11) is 3.55. The van der Waals surface area contributed by atoms with Gasteiger partial charge < -0.3 is 15.3 Å². The number of hydrogen-bond acceptors (Lipinski definition) is 3. The largest absolute Gasteiger partial charge is 0.396 e. The van der Waals surface area contributed by atoms with Gasteiger partial charge in [0.1, 0.15) is 0 Å². The molecule has 0 aliphatic carbocycles. The van der Waals surface area contributed by atoms with Crippen molar-refractivity contribution in [2.45, 2.75) is 13.3 Å². The Morgan fingerprint density at radius 2 is 2.18 bits per heavy atom. The lowest BCUT2D eigenvalue weighted by atomic mass is 10.1. The molecule has 0 radical (unpaired) electrons. The molecule has 1 amide bonds. The predicted octanol–water partition coefficient (Wildman–Crippen LogP) is 1.49. The van der Waals surface area contributed by atoms with E-state index in [2.05, 4.69) is 5.32 Å². The summed E-state index contributed by atoms with van der Waals surface area (Å²) >= 11 is 0. The Balaban J connectivity index is 2.87. The highest BCUT2D eigenvalue weighted by Gasteiger charge is 2.14. The monoisotopic (exact) mass is 236 g/mol. The van der Waals surface area contributed by atoms with Crippen molar-refractivity contribution in [3.63, 3.8) is 0 Å². The summed E-state index contributed by atoms with van der Waals surface area (Å²) < 4.78 is 0. The van der Waals surface area contributed by atoms with Gasteiger partial charge in [0.2, 0.25) is 0 Å². The molecule has 0 aliphatic heterocycles. The number of rotatable bonds is 5. The Hall–Kier alpha value is -1.55. The number of carbonyl (C=O) groups is 1. The zero-order chi connectivity index (χ0) is 12.8. The molecule has 1 aromatic carbocycles. The first-order valence-electron chi connectivity index (χ1n) is 5.75. The number of carbonyl (C=O) groups excluding carboxylic acids is 1. The van der Waals surface area contributed by atoms with E-state index in [9.17, 15) is 4.79 Å². The number of benzene rings is 1. The Kier molecular flexibility index (Phi) is 4.97. The summed E-state index contributed by atoms with van der Waals surface area (Å²) in [6.07, 6.45) is 0.600. The Morgan fingerprint density at radius 1 is 1.47 bits per heavy atom. The van der Waals surface area contributed by atoms with Gasteiger partial charge in [-0.15, -0.1) is 0 Å². The number of aliphatic hydroxyl groups is 1. The van der Waals surface area contributed by atoms with Crippen LogP contribution in [0.15, 0.2) is 18.2 Å². The molecule has 0 bridgehead atoms. The van der Waals surface area contributed by atoms with Crippen molar-refractivity contribution in [1.29, 1.82) is 0 Å². The van der Waals surface area contributed by atoms with Crippen LogP contribution >= 0.6 is 0 Å². The Morgan fingerprint density at radius 3 is 2.76 bits per heavy atom. The van der Waals surface area contributed by atoms with Gasteiger partial charge in [0.15, 0.2) is 0 Å². The average molecular weight is 236 g/mol. The highest BCUT2D eigenvalue weighted by molar-refractivity contribution is 5.99. The molecule has 0 saturated carbocycles. The van der Waals surface area contributed by atoms with Crippen molar-refractivity contribution in [3.8, 4) is 0 Å². The second-order valence-corrected chi connectivity index (χ2v) is 4.10.